The van der Waals surface area contributed by atoms with E-state index in [0.29, 0.717) is 19.0 Å². The fourth-order valence-corrected chi connectivity index (χ4v) is 4.54. The summed E-state index contributed by atoms with van der Waals surface area (Å²) < 4.78 is 26.7. The van der Waals surface area contributed by atoms with Gasteiger partial charge in [0.2, 0.25) is 10.0 Å². The molecule has 178 valence electrons. The molecule has 0 bridgehead atoms. The van der Waals surface area contributed by atoms with Crippen LogP contribution in [0.2, 0.25) is 0 Å². The Hall–Kier alpha value is -1.69. The first-order valence-electron chi connectivity index (χ1n) is 10.6. The smallest absolute Gasteiger partial charge is 0.216 e. The van der Waals surface area contributed by atoms with E-state index in [9.17, 15) is 13.5 Å². The van der Waals surface area contributed by atoms with E-state index in [2.05, 4.69) is 20.3 Å². The van der Waals surface area contributed by atoms with Crippen molar-refractivity contribution in [1.29, 1.82) is 0 Å². The molecule has 2 rings (SSSR count). The molecule has 0 saturated heterocycles. The molecule has 32 heavy (non-hydrogen) atoms. The summed E-state index contributed by atoms with van der Waals surface area (Å²) in [6.45, 7) is 7.40. The molecule has 2 aromatic carbocycles. The highest BCUT2D eigenvalue weighted by Crippen LogP contribution is 2.13. The van der Waals surface area contributed by atoms with Crippen LogP contribution in [0.25, 0.3) is 0 Å². The van der Waals surface area contributed by atoms with E-state index in [-0.39, 0.29) is 48.3 Å². The average molecular weight is 575 g/mol. The maximum atomic E-state index is 12.1. The summed E-state index contributed by atoms with van der Waals surface area (Å²) >= 11 is 0. The quantitative estimate of drug-likeness (QED) is 0.188. The number of aliphatic imine (C=N–C) groups is 1. The molecule has 0 radical (unpaired) electrons. The van der Waals surface area contributed by atoms with Gasteiger partial charge in [-0.1, -0.05) is 54.6 Å². The van der Waals surface area contributed by atoms with Gasteiger partial charge in [-0.15, -0.1) is 24.0 Å². The molecule has 1 unspecified atom stereocenters. The first-order chi connectivity index (χ1) is 14.8. The molecule has 0 aliphatic carbocycles. The minimum atomic E-state index is -3.34. The Kier molecular flexibility index (Phi) is 12.8. The predicted octanol–water partition coefficient (Wildman–Crippen LogP) is 2.96. The molecule has 9 heteroatoms. The Morgan fingerprint density at radius 2 is 1.62 bits per heavy atom. The number of halogens is 1. The van der Waals surface area contributed by atoms with E-state index >= 15 is 0 Å². The van der Waals surface area contributed by atoms with Crippen LogP contribution in [-0.2, 0) is 22.3 Å². The lowest BCUT2D eigenvalue weighted by atomic mass is 10.0. The topological polar surface area (TPSA) is 103 Å². The number of sulfonamides is 1. The highest BCUT2D eigenvalue weighted by molar-refractivity contribution is 14.0. The Balaban J connectivity index is 0.00000512. The highest BCUT2D eigenvalue weighted by atomic mass is 127. The summed E-state index contributed by atoms with van der Waals surface area (Å²) in [5.74, 6) is 0.608. The average Bonchev–Trinajstić information content (AvgIpc) is 2.73. The Labute approximate surface area is 209 Å². The Bertz CT molecular complexity index is 920. The van der Waals surface area contributed by atoms with Gasteiger partial charge in [-0.2, -0.15) is 0 Å². The molecule has 0 heterocycles. The fourth-order valence-electron chi connectivity index (χ4n) is 3.11. The normalized spacial score (nSPS) is 12.8. The van der Waals surface area contributed by atoms with Crippen LogP contribution in [0.15, 0.2) is 59.6 Å². The lowest BCUT2D eigenvalue weighted by Crippen LogP contribution is -2.39. The second-order valence-corrected chi connectivity index (χ2v) is 9.47. The van der Waals surface area contributed by atoms with E-state index in [1.165, 1.54) is 0 Å². The van der Waals surface area contributed by atoms with E-state index in [4.69, 9.17) is 0 Å². The van der Waals surface area contributed by atoms with Crippen LogP contribution < -0.4 is 15.4 Å². The summed E-state index contributed by atoms with van der Waals surface area (Å²) in [4.78, 5) is 4.61. The third-order valence-electron chi connectivity index (χ3n) is 4.57. The molecule has 4 N–H and O–H groups in total. The van der Waals surface area contributed by atoms with E-state index in [1.54, 1.807) is 13.8 Å². The van der Waals surface area contributed by atoms with Crippen molar-refractivity contribution < 1.29 is 13.5 Å². The van der Waals surface area contributed by atoms with Gasteiger partial charge in [-0.3, -0.25) is 0 Å². The van der Waals surface area contributed by atoms with Gasteiger partial charge in [0.25, 0.3) is 0 Å². The molecule has 0 amide bonds. The van der Waals surface area contributed by atoms with E-state index in [1.807, 2.05) is 61.5 Å². The number of guanidine groups is 1. The fraction of sp³-hybridized carbons (Fsp3) is 0.435. The Morgan fingerprint density at radius 1 is 1.00 bits per heavy atom. The first-order valence-corrected chi connectivity index (χ1v) is 12.2. The molecule has 0 aliphatic heterocycles. The van der Waals surface area contributed by atoms with Gasteiger partial charge in [0.1, 0.15) is 0 Å². The zero-order valence-corrected chi connectivity index (χ0v) is 22.1. The van der Waals surface area contributed by atoms with E-state index in [0.717, 1.165) is 23.2 Å². The molecule has 2 aromatic rings. The lowest BCUT2D eigenvalue weighted by Gasteiger charge is -2.18. The number of nitrogens with zero attached hydrogens (tertiary/aromatic N) is 1. The molecule has 0 aliphatic rings. The maximum absolute atomic E-state index is 12.1. The molecular weight excluding hydrogens is 539 g/mol. The largest absolute Gasteiger partial charge is 0.396 e. The van der Waals surface area contributed by atoms with Gasteiger partial charge >= 0.3 is 0 Å². The summed E-state index contributed by atoms with van der Waals surface area (Å²) in [6, 6.07) is 17.2. The van der Waals surface area contributed by atoms with Crippen molar-refractivity contribution in [1.82, 2.24) is 15.4 Å². The van der Waals surface area contributed by atoms with Crippen LogP contribution in [0.4, 0.5) is 0 Å². The zero-order chi connectivity index (χ0) is 22.7. The van der Waals surface area contributed by atoms with Gasteiger partial charge in [-0.05, 0) is 37.5 Å². The van der Waals surface area contributed by atoms with Crippen molar-refractivity contribution in [2.75, 3.05) is 19.7 Å². The number of hydrogen-bond donors (Lipinski definition) is 4. The van der Waals surface area contributed by atoms with Crippen LogP contribution in [-0.4, -0.2) is 45.2 Å². The summed E-state index contributed by atoms with van der Waals surface area (Å²) in [5, 5.41) is 16.2. The predicted molar refractivity (Wildman–Crippen MR) is 142 cm³/mol. The van der Waals surface area contributed by atoms with Crippen molar-refractivity contribution in [2.45, 2.75) is 45.0 Å². The number of aliphatic hydroxyl groups excluding tert-OH is 1. The van der Waals surface area contributed by atoms with Crippen LogP contribution >= 0.6 is 24.0 Å². The van der Waals surface area contributed by atoms with Crippen LogP contribution in [0, 0.1) is 0 Å². The number of nitrogens with one attached hydrogen (secondary N) is 3. The minimum absolute atomic E-state index is 0. The van der Waals surface area contributed by atoms with Gasteiger partial charge in [-0.25, -0.2) is 18.1 Å². The third kappa shape index (κ3) is 10.3. The van der Waals surface area contributed by atoms with Crippen LogP contribution in [0.5, 0.6) is 0 Å². The molecular formula is C23H35IN4O3S. The van der Waals surface area contributed by atoms with Crippen molar-refractivity contribution in [2.24, 2.45) is 4.99 Å². The van der Waals surface area contributed by atoms with Crippen LogP contribution in [0.3, 0.4) is 0 Å². The lowest BCUT2D eigenvalue weighted by molar-refractivity contribution is 0.265. The second kappa shape index (κ2) is 14.5. The number of aliphatic hydroxyl groups is 1. The highest BCUT2D eigenvalue weighted by Gasteiger charge is 2.13. The summed E-state index contributed by atoms with van der Waals surface area (Å²) in [5.41, 5.74) is 2.79. The molecule has 0 fully saturated rings. The van der Waals surface area contributed by atoms with Crippen molar-refractivity contribution >= 4 is 40.0 Å². The minimum Gasteiger partial charge on any atom is -0.396 e. The molecule has 7 nitrogen and oxygen atoms in total. The molecule has 0 spiro atoms. The SMILES string of the molecule is CCNC(=NCc1ccc(CS(=O)(=O)NC(C)C)cc1)NCC(CO)c1ccccc1.I. The van der Waals surface area contributed by atoms with Gasteiger partial charge in [0.05, 0.1) is 18.9 Å². The monoisotopic (exact) mass is 574 g/mol. The van der Waals surface area contributed by atoms with Crippen molar-refractivity contribution in [3.8, 4) is 0 Å². The summed E-state index contributed by atoms with van der Waals surface area (Å²) in [6.07, 6.45) is 0. The molecule has 0 aromatic heterocycles. The zero-order valence-electron chi connectivity index (χ0n) is 18.9. The van der Waals surface area contributed by atoms with Gasteiger partial charge in [0, 0.05) is 25.0 Å². The second-order valence-electron chi connectivity index (χ2n) is 7.71. The Morgan fingerprint density at radius 3 is 2.19 bits per heavy atom. The maximum Gasteiger partial charge on any atom is 0.216 e. The molecule has 0 saturated carbocycles. The van der Waals surface area contributed by atoms with E-state index < -0.39 is 10.0 Å². The van der Waals surface area contributed by atoms with Crippen molar-refractivity contribution in [3.63, 3.8) is 0 Å². The number of benzene rings is 2. The first kappa shape index (κ1) is 28.3. The summed E-state index contributed by atoms with van der Waals surface area (Å²) in [7, 11) is -3.34. The number of hydrogen-bond acceptors (Lipinski definition) is 4. The van der Waals surface area contributed by atoms with Gasteiger partial charge < -0.3 is 15.7 Å². The van der Waals surface area contributed by atoms with Crippen molar-refractivity contribution in [3.05, 3.63) is 71.3 Å². The van der Waals surface area contributed by atoms with Gasteiger partial charge in [0.15, 0.2) is 5.96 Å². The molecule has 1 atom stereocenters. The number of rotatable bonds is 11. The van der Waals surface area contributed by atoms with Crippen LogP contribution in [0.1, 0.15) is 43.4 Å². The third-order valence-corrected chi connectivity index (χ3v) is 6.11. The standard InChI is InChI=1S/C23H34N4O3S.HI/c1-4-24-23(26-15-22(16-28)21-8-6-5-7-9-21)25-14-19-10-12-20(13-11-19)17-31(29,30)27-18(2)3;/h5-13,18,22,27-28H,4,14-17H2,1-3H3,(H2,24,25,26);1H.